The number of hydrogen-bond donors (Lipinski definition) is 1. The highest BCUT2D eigenvalue weighted by atomic mass is 16.5. The molecule has 1 fully saturated rings. The van der Waals surface area contributed by atoms with Gasteiger partial charge >= 0.3 is 0 Å². The summed E-state index contributed by atoms with van der Waals surface area (Å²) in [6.45, 7) is 0.848. The van der Waals surface area contributed by atoms with Crippen LogP contribution in [0.2, 0.25) is 0 Å². The van der Waals surface area contributed by atoms with Crippen LogP contribution in [0.1, 0.15) is 35.0 Å². The van der Waals surface area contributed by atoms with Crippen molar-refractivity contribution < 1.29 is 23.5 Å². The molecule has 24 heavy (non-hydrogen) atoms. The zero-order chi connectivity index (χ0) is 16.9. The molecule has 128 valence electrons. The fourth-order valence-corrected chi connectivity index (χ4v) is 2.25. The summed E-state index contributed by atoms with van der Waals surface area (Å²) in [5.74, 6) is 1.99. The molecule has 1 N–H and O–H groups in total. The molecule has 0 bridgehead atoms. The van der Waals surface area contributed by atoms with E-state index in [1.54, 1.807) is 38.5 Å². The summed E-state index contributed by atoms with van der Waals surface area (Å²) in [5.41, 5.74) is 0.860. The number of nitrogens with zero attached hydrogens (tertiary/aromatic N) is 1. The Kier molecular flexibility index (Phi) is 5.00. The number of carbonyl (C=O) groups is 1. The van der Waals surface area contributed by atoms with Crippen molar-refractivity contribution in [2.45, 2.75) is 18.8 Å². The Morgan fingerprint density at radius 1 is 1.25 bits per heavy atom. The lowest BCUT2D eigenvalue weighted by atomic mass is 10.2. The van der Waals surface area contributed by atoms with Gasteiger partial charge < -0.3 is 24.1 Å². The predicted octanol–water partition coefficient (Wildman–Crippen LogP) is 2.84. The van der Waals surface area contributed by atoms with Gasteiger partial charge in [0.1, 0.15) is 12.4 Å². The minimum absolute atomic E-state index is 0.273. The lowest BCUT2D eigenvalue weighted by Crippen LogP contribution is -2.12. The van der Waals surface area contributed by atoms with E-state index in [1.807, 2.05) is 0 Å². The monoisotopic (exact) mass is 332 g/mol. The fourth-order valence-electron chi connectivity index (χ4n) is 2.25. The molecule has 3 rings (SSSR count). The van der Waals surface area contributed by atoms with Crippen molar-refractivity contribution in [3.05, 3.63) is 35.7 Å². The summed E-state index contributed by atoms with van der Waals surface area (Å²) in [6.07, 6.45) is 2.19. The number of amides is 1. The number of methoxy groups -OCH3 is 2. The van der Waals surface area contributed by atoms with Gasteiger partial charge in [0.15, 0.2) is 17.2 Å². The van der Waals surface area contributed by atoms with Crippen LogP contribution in [-0.2, 0) is 4.74 Å². The Morgan fingerprint density at radius 3 is 2.79 bits per heavy atom. The van der Waals surface area contributed by atoms with Gasteiger partial charge in [-0.2, -0.15) is 0 Å². The maximum atomic E-state index is 12.3. The minimum atomic E-state index is -0.321. The van der Waals surface area contributed by atoms with E-state index < -0.39 is 0 Å². The van der Waals surface area contributed by atoms with Crippen LogP contribution < -0.4 is 14.8 Å². The molecule has 1 aliphatic rings. The first-order chi connectivity index (χ1) is 11.7. The average Bonchev–Trinajstić information content (AvgIpc) is 3.32. The summed E-state index contributed by atoms with van der Waals surface area (Å²) in [5, 5.41) is 6.62. The van der Waals surface area contributed by atoms with Crippen LogP contribution >= 0.6 is 0 Å². The van der Waals surface area contributed by atoms with E-state index in [2.05, 4.69) is 10.5 Å². The molecule has 0 aliphatic heterocycles. The van der Waals surface area contributed by atoms with Crippen molar-refractivity contribution in [2.24, 2.45) is 0 Å². The molecule has 1 aromatic heterocycles. The van der Waals surface area contributed by atoms with Crippen LogP contribution in [0.15, 0.2) is 28.8 Å². The van der Waals surface area contributed by atoms with Gasteiger partial charge in [0.25, 0.3) is 5.91 Å². The summed E-state index contributed by atoms with van der Waals surface area (Å²) in [6, 6.07) is 6.87. The third-order valence-electron chi connectivity index (χ3n) is 3.71. The van der Waals surface area contributed by atoms with Crippen molar-refractivity contribution in [3.63, 3.8) is 0 Å². The van der Waals surface area contributed by atoms with Gasteiger partial charge in [0.2, 0.25) is 0 Å². The Morgan fingerprint density at radius 2 is 2.08 bits per heavy atom. The molecule has 7 nitrogen and oxygen atoms in total. The highest BCUT2D eigenvalue weighted by molar-refractivity contribution is 6.03. The van der Waals surface area contributed by atoms with Crippen LogP contribution in [0.25, 0.3) is 0 Å². The second-order valence-electron chi connectivity index (χ2n) is 5.55. The smallest absolute Gasteiger partial charge is 0.277 e. The summed E-state index contributed by atoms with van der Waals surface area (Å²) in [7, 11) is 3.16. The Labute approximate surface area is 139 Å². The number of nitrogens with one attached hydrogen (secondary N) is 1. The third kappa shape index (κ3) is 3.86. The third-order valence-corrected chi connectivity index (χ3v) is 3.71. The first-order valence-corrected chi connectivity index (χ1v) is 7.79. The van der Waals surface area contributed by atoms with Crippen LogP contribution in [0.3, 0.4) is 0 Å². The Bertz CT molecular complexity index is 709. The molecule has 0 saturated heterocycles. The molecule has 1 aromatic carbocycles. The predicted molar refractivity (Wildman–Crippen MR) is 86.8 cm³/mol. The molecule has 0 unspecified atom stereocenters. The number of anilines is 1. The van der Waals surface area contributed by atoms with Crippen LogP contribution in [-0.4, -0.2) is 38.5 Å². The molecule has 1 heterocycles. The number of rotatable bonds is 8. The Balaban J connectivity index is 1.68. The second kappa shape index (κ2) is 7.35. The lowest BCUT2D eigenvalue weighted by Gasteiger charge is -2.12. The van der Waals surface area contributed by atoms with E-state index in [4.69, 9.17) is 18.7 Å². The van der Waals surface area contributed by atoms with E-state index in [1.165, 1.54) is 0 Å². The zero-order valence-electron chi connectivity index (χ0n) is 13.7. The average molecular weight is 332 g/mol. The van der Waals surface area contributed by atoms with Gasteiger partial charge in [-0.25, -0.2) is 0 Å². The number of ether oxygens (including phenoxy) is 3. The maximum Gasteiger partial charge on any atom is 0.277 e. The first-order valence-electron chi connectivity index (χ1n) is 7.79. The highest BCUT2D eigenvalue weighted by Gasteiger charge is 2.28. The molecule has 0 spiro atoms. The van der Waals surface area contributed by atoms with Crippen LogP contribution in [0.5, 0.6) is 11.5 Å². The van der Waals surface area contributed by atoms with E-state index in [0.717, 1.165) is 18.6 Å². The van der Waals surface area contributed by atoms with E-state index in [9.17, 15) is 4.79 Å². The summed E-state index contributed by atoms with van der Waals surface area (Å²) >= 11 is 0. The quantitative estimate of drug-likeness (QED) is 0.749. The number of hydrogen-bond acceptors (Lipinski definition) is 6. The number of benzene rings is 1. The SMILES string of the molecule is COCCOc1cc(NC(=O)c2cc(C3CC3)on2)ccc1OC. The van der Waals surface area contributed by atoms with Crippen molar-refractivity contribution in [3.8, 4) is 11.5 Å². The molecule has 0 radical (unpaired) electrons. The van der Waals surface area contributed by atoms with E-state index in [0.29, 0.717) is 36.3 Å². The largest absolute Gasteiger partial charge is 0.493 e. The normalized spacial score (nSPS) is 13.6. The number of aromatic nitrogens is 1. The summed E-state index contributed by atoms with van der Waals surface area (Å²) < 4.78 is 21.0. The molecule has 2 aromatic rings. The van der Waals surface area contributed by atoms with Gasteiger partial charge in [-0.05, 0) is 25.0 Å². The van der Waals surface area contributed by atoms with Crippen molar-refractivity contribution in [1.29, 1.82) is 0 Å². The van der Waals surface area contributed by atoms with E-state index >= 15 is 0 Å². The molecule has 1 amide bonds. The lowest BCUT2D eigenvalue weighted by molar-refractivity contribution is 0.101. The van der Waals surface area contributed by atoms with Crippen molar-refractivity contribution in [1.82, 2.24) is 5.16 Å². The van der Waals surface area contributed by atoms with Gasteiger partial charge in [-0.15, -0.1) is 0 Å². The van der Waals surface area contributed by atoms with E-state index in [-0.39, 0.29) is 11.6 Å². The molecule has 0 atom stereocenters. The molecule has 1 aliphatic carbocycles. The standard InChI is InChI=1S/C17H20N2O5/c1-21-7-8-23-16-9-12(5-6-14(16)22-2)18-17(20)13-10-15(24-19-13)11-3-4-11/h5-6,9-11H,3-4,7-8H2,1-2H3,(H,18,20). The van der Waals surface area contributed by atoms with Crippen LogP contribution in [0, 0.1) is 0 Å². The van der Waals surface area contributed by atoms with Gasteiger partial charge in [0, 0.05) is 30.8 Å². The fraction of sp³-hybridized carbons (Fsp3) is 0.412. The Hall–Kier alpha value is -2.54. The van der Waals surface area contributed by atoms with Gasteiger partial charge in [-0.3, -0.25) is 4.79 Å². The number of carbonyl (C=O) groups excluding carboxylic acids is 1. The topological polar surface area (TPSA) is 82.8 Å². The zero-order valence-corrected chi connectivity index (χ0v) is 13.7. The minimum Gasteiger partial charge on any atom is -0.493 e. The molecular formula is C17H20N2O5. The van der Waals surface area contributed by atoms with Gasteiger partial charge in [0.05, 0.1) is 13.7 Å². The highest BCUT2D eigenvalue weighted by Crippen LogP contribution is 2.40. The maximum absolute atomic E-state index is 12.3. The first kappa shape index (κ1) is 16.3. The van der Waals surface area contributed by atoms with Crippen molar-refractivity contribution >= 4 is 11.6 Å². The van der Waals surface area contributed by atoms with Crippen LogP contribution in [0.4, 0.5) is 5.69 Å². The second-order valence-corrected chi connectivity index (χ2v) is 5.55. The summed E-state index contributed by atoms with van der Waals surface area (Å²) in [4.78, 5) is 12.3. The molecular weight excluding hydrogens is 312 g/mol. The van der Waals surface area contributed by atoms with Gasteiger partial charge in [-0.1, -0.05) is 5.16 Å². The molecule has 7 heteroatoms. The molecule has 1 saturated carbocycles. The van der Waals surface area contributed by atoms with Crippen molar-refractivity contribution in [2.75, 3.05) is 32.8 Å².